The molecule has 1 aliphatic rings. The third-order valence-electron chi connectivity index (χ3n) is 1.93. The van der Waals surface area contributed by atoms with Crippen molar-refractivity contribution < 1.29 is 4.74 Å². The van der Waals surface area contributed by atoms with Crippen LogP contribution in [0.4, 0.5) is 0 Å². The lowest BCUT2D eigenvalue weighted by atomic mass is 10.1. The molecule has 0 spiro atoms. The van der Waals surface area contributed by atoms with Crippen molar-refractivity contribution >= 4 is 0 Å². The van der Waals surface area contributed by atoms with E-state index in [1.54, 1.807) is 0 Å². The van der Waals surface area contributed by atoms with Gasteiger partial charge in [0.1, 0.15) is 0 Å². The fourth-order valence-corrected chi connectivity index (χ4v) is 1.10. The average Bonchev–Trinajstić information content (AvgIpc) is 2.36. The Morgan fingerprint density at radius 1 is 0.867 bits per heavy atom. The van der Waals surface area contributed by atoms with Crippen LogP contribution in [0, 0.1) is 0 Å². The predicted molar refractivity (Wildman–Crippen MR) is 65.8 cm³/mol. The largest absolute Gasteiger partial charge is 0.381 e. The first kappa shape index (κ1) is 14.1. The Labute approximate surface area is 93.4 Å². The molecule has 0 atom stereocenters. The van der Waals surface area contributed by atoms with Gasteiger partial charge in [-0.05, 0) is 12.8 Å². The summed E-state index contributed by atoms with van der Waals surface area (Å²) in [6, 6.07) is 12.4. The van der Waals surface area contributed by atoms with Crippen LogP contribution in [0.1, 0.15) is 26.7 Å². The van der Waals surface area contributed by atoms with Crippen molar-refractivity contribution in [2.45, 2.75) is 32.7 Å². The molecule has 1 aromatic carbocycles. The van der Waals surface area contributed by atoms with Crippen LogP contribution in [-0.2, 0) is 4.74 Å². The standard InChI is InChI=1S/C6H6.C5H11NO.C2H6/c1-2-4-6-5-3-1;6-5-1-3-7-4-2-5;1-2/h1-6H;5H,1-4,6H2;1-2H3. The predicted octanol–water partition coefficient (Wildman–Crippen LogP) is 2.84. The molecule has 0 aromatic heterocycles. The fourth-order valence-electron chi connectivity index (χ4n) is 1.10. The maximum Gasteiger partial charge on any atom is 0.0480 e. The first-order valence-electron chi connectivity index (χ1n) is 5.73. The van der Waals surface area contributed by atoms with E-state index >= 15 is 0 Å². The van der Waals surface area contributed by atoms with Crippen LogP contribution in [0.2, 0.25) is 0 Å². The summed E-state index contributed by atoms with van der Waals surface area (Å²) in [6.45, 7) is 5.72. The second-order valence-corrected chi connectivity index (χ2v) is 3.10. The maximum absolute atomic E-state index is 5.55. The summed E-state index contributed by atoms with van der Waals surface area (Å²) in [7, 11) is 0. The lowest BCUT2D eigenvalue weighted by Crippen LogP contribution is -2.28. The number of nitrogens with two attached hydrogens (primary N) is 1. The van der Waals surface area contributed by atoms with Crippen LogP contribution in [-0.4, -0.2) is 19.3 Å². The molecule has 15 heavy (non-hydrogen) atoms. The molecule has 1 saturated heterocycles. The van der Waals surface area contributed by atoms with Gasteiger partial charge in [0.15, 0.2) is 0 Å². The van der Waals surface area contributed by atoms with Crippen molar-refractivity contribution in [3.63, 3.8) is 0 Å². The van der Waals surface area contributed by atoms with Gasteiger partial charge in [-0.25, -0.2) is 0 Å². The molecule has 1 aliphatic heterocycles. The van der Waals surface area contributed by atoms with E-state index in [-0.39, 0.29) is 0 Å². The Kier molecular flexibility index (Phi) is 10.6. The molecule has 1 fully saturated rings. The molecule has 0 bridgehead atoms. The molecular weight excluding hydrogens is 186 g/mol. The zero-order valence-corrected chi connectivity index (χ0v) is 9.86. The zero-order valence-electron chi connectivity index (χ0n) is 9.86. The third kappa shape index (κ3) is 9.44. The quantitative estimate of drug-likeness (QED) is 0.713. The van der Waals surface area contributed by atoms with E-state index in [1.807, 2.05) is 50.2 Å². The normalized spacial score (nSPS) is 15.4. The third-order valence-corrected chi connectivity index (χ3v) is 1.93. The highest BCUT2D eigenvalue weighted by atomic mass is 16.5. The average molecular weight is 209 g/mol. The van der Waals surface area contributed by atoms with Crippen LogP contribution in [0.5, 0.6) is 0 Å². The fraction of sp³-hybridized carbons (Fsp3) is 0.538. The van der Waals surface area contributed by atoms with Gasteiger partial charge in [-0.3, -0.25) is 0 Å². The van der Waals surface area contributed by atoms with E-state index < -0.39 is 0 Å². The van der Waals surface area contributed by atoms with Crippen molar-refractivity contribution in [1.82, 2.24) is 0 Å². The monoisotopic (exact) mass is 209 g/mol. The molecule has 86 valence electrons. The maximum atomic E-state index is 5.55. The summed E-state index contributed by atoms with van der Waals surface area (Å²) < 4.78 is 5.06. The summed E-state index contributed by atoms with van der Waals surface area (Å²) >= 11 is 0. The highest BCUT2D eigenvalue weighted by Crippen LogP contribution is 2.01. The molecule has 1 heterocycles. The van der Waals surface area contributed by atoms with Gasteiger partial charge in [0.05, 0.1) is 0 Å². The van der Waals surface area contributed by atoms with Crippen LogP contribution in [0.3, 0.4) is 0 Å². The van der Waals surface area contributed by atoms with Crippen LogP contribution in [0.25, 0.3) is 0 Å². The lowest BCUT2D eigenvalue weighted by molar-refractivity contribution is 0.0866. The number of rotatable bonds is 0. The molecule has 0 saturated carbocycles. The number of hydrogen-bond donors (Lipinski definition) is 1. The minimum Gasteiger partial charge on any atom is -0.381 e. The van der Waals surface area contributed by atoms with E-state index in [2.05, 4.69) is 0 Å². The molecule has 2 rings (SSSR count). The Balaban J connectivity index is 0.000000227. The summed E-state index contributed by atoms with van der Waals surface area (Å²) in [4.78, 5) is 0. The summed E-state index contributed by atoms with van der Waals surface area (Å²) in [5.41, 5.74) is 5.55. The smallest absolute Gasteiger partial charge is 0.0480 e. The highest BCUT2D eigenvalue weighted by Gasteiger charge is 2.06. The van der Waals surface area contributed by atoms with Gasteiger partial charge in [-0.15, -0.1) is 0 Å². The van der Waals surface area contributed by atoms with E-state index in [4.69, 9.17) is 10.5 Å². The summed E-state index contributed by atoms with van der Waals surface area (Å²) in [5.74, 6) is 0. The van der Waals surface area contributed by atoms with E-state index in [1.165, 1.54) is 0 Å². The molecule has 2 heteroatoms. The SMILES string of the molecule is CC.NC1CCOCC1.c1ccccc1. The van der Waals surface area contributed by atoms with Crippen molar-refractivity contribution in [1.29, 1.82) is 0 Å². The molecule has 0 aliphatic carbocycles. The van der Waals surface area contributed by atoms with Gasteiger partial charge in [0.2, 0.25) is 0 Å². The zero-order chi connectivity index (χ0) is 11.4. The Morgan fingerprint density at radius 2 is 1.20 bits per heavy atom. The molecule has 0 unspecified atom stereocenters. The van der Waals surface area contributed by atoms with Gasteiger partial charge in [-0.2, -0.15) is 0 Å². The minimum atomic E-state index is 0.411. The Bertz CT molecular complexity index is 168. The molecule has 1 aromatic rings. The second kappa shape index (κ2) is 11.2. The molecule has 0 radical (unpaired) electrons. The van der Waals surface area contributed by atoms with E-state index in [9.17, 15) is 0 Å². The Morgan fingerprint density at radius 3 is 1.40 bits per heavy atom. The van der Waals surface area contributed by atoms with Crippen LogP contribution in [0.15, 0.2) is 36.4 Å². The lowest BCUT2D eigenvalue weighted by Gasteiger charge is -2.16. The Hall–Kier alpha value is -0.860. The van der Waals surface area contributed by atoms with Crippen molar-refractivity contribution in [2.24, 2.45) is 5.73 Å². The molecule has 2 N–H and O–H groups in total. The van der Waals surface area contributed by atoms with Crippen LogP contribution >= 0.6 is 0 Å². The van der Waals surface area contributed by atoms with Crippen molar-refractivity contribution in [3.8, 4) is 0 Å². The van der Waals surface area contributed by atoms with Gasteiger partial charge >= 0.3 is 0 Å². The highest BCUT2D eigenvalue weighted by molar-refractivity contribution is 4.99. The summed E-state index contributed by atoms with van der Waals surface area (Å²) in [5, 5.41) is 0. The molecule has 0 amide bonds. The minimum absolute atomic E-state index is 0.411. The van der Waals surface area contributed by atoms with Crippen molar-refractivity contribution in [2.75, 3.05) is 13.2 Å². The van der Waals surface area contributed by atoms with Gasteiger partial charge in [0.25, 0.3) is 0 Å². The molecular formula is C13H23NO. The second-order valence-electron chi connectivity index (χ2n) is 3.10. The van der Waals surface area contributed by atoms with Gasteiger partial charge < -0.3 is 10.5 Å². The summed E-state index contributed by atoms with van der Waals surface area (Å²) in [6.07, 6.45) is 2.08. The topological polar surface area (TPSA) is 35.2 Å². The van der Waals surface area contributed by atoms with Gasteiger partial charge in [0, 0.05) is 19.3 Å². The van der Waals surface area contributed by atoms with E-state index in [0.29, 0.717) is 6.04 Å². The number of ether oxygens (including phenoxy) is 1. The number of hydrogen-bond acceptors (Lipinski definition) is 2. The molecule has 2 nitrogen and oxygen atoms in total. The first-order chi connectivity index (χ1) is 7.39. The number of benzene rings is 1. The first-order valence-corrected chi connectivity index (χ1v) is 5.73. The van der Waals surface area contributed by atoms with Gasteiger partial charge in [-0.1, -0.05) is 50.2 Å². The van der Waals surface area contributed by atoms with Crippen LogP contribution < -0.4 is 5.73 Å². The van der Waals surface area contributed by atoms with E-state index in [0.717, 1.165) is 26.1 Å². The van der Waals surface area contributed by atoms with Crippen molar-refractivity contribution in [3.05, 3.63) is 36.4 Å².